The Hall–Kier alpha value is -2.94. The largest absolute Gasteiger partial charge is 0.393 e. The predicted molar refractivity (Wildman–Crippen MR) is 125 cm³/mol. The molecule has 8 rings (SSSR count). The van der Waals surface area contributed by atoms with Crippen LogP contribution in [-0.4, -0.2) is 36.7 Å². The van der Waals surface area contributed by atoms with Gasteiger partial charge in [0.15, 0.2) is 5.72 Å². The molecule has 5 aromatic rings. The van der Waals surface area contributed by atoms with Gasteiger partial charge in [0.1, 0.15) is 18.1 Å². The van der Waals surface area contributed by atoms with Crippen molar-refractivity contribution in [2.45, 2.75) is 43.7 Å². The minimum absolute atomic E-state index is 0.263. The molecule has 3 aliphatic rings. The Kier molecular flexibility index (Phi) is 3.12. The number of nitrogens with one attached hydrogen (secondary N) is 1. The number of rotatable bonds is 1. The van der Waals surface area contributed by atoms with Crippen molar-refractivity contribution in [1.29, 1.82) is 0 Å². The van der Waals surface area contributed by atoms with Crippen LogP contribution in [0.15, 0.2) is 48.5 Å². The van der Waals surface area contributed by atoms with Crippen molar-refractivity contribution < 1.29 is 20.1 Å². The number of aliphatic hydroxyl groups excluding tert-OH is 2. The number of para-hydroxylation sites is 2. The lowest BCUT2D eigenvalue weighted by Gasteiger charge is -2.38. The van der Waals surface area contributed by atoms with E-state index < -0.39 is 30.4 Å². The van der Waals surface area contributed by atoms with Crippen LogP contribution in [0.25, 0.3) is 43.6 Å². The molecule has 1 saturated heterocycles. The summed E-state index contributed by atoms with van der Waals surface area (Å²) < 4.78 is 11.0. The van der Waals surface area contributed by atoms with Crippen LogP contribution in [-0.2, 0) is 17.0 Å². The van der Waals surface area contributed by atoms with Crippen molar-refractivity contribution in [2.24, 2.45) is 0 Å². The first-order chi connectivity index (χ1) is 16.0. The summed E-state index contributed by atoms with van der Waals surface area (Å²) in [6.45, 7) is 2.04. The molecule has 3 aromatic carbocycles. The van der Waals surface area contributed by atoms with Crippen LogP contribution in [0.4, 0.5) is 0 Å². The second-order valence-electron chi connectivity index (χ2n) is 9.81. The van der Waals surface area contributed by atoms with Gasteiger partial charge < -0.3 is 29.2 Å². The number of nitrogens with zero attached hydrogens (tertiary/aromatic N) is 2. The molecule has 4 N–H and O–H groups in total. The van der Waals surface area contributed by atoms with E-state index >= 15 is 0 Å². The molecular weight excluding hydrogens is 418 g/mol. The van der Waals surface area contributed by atoms with Gasteiger partial charge in [0.05, 0.1) is 28.7 Å². The van der Waals surface area contributed by atoms with Crippen molar-refractivity contribution in [3.05, 3.63) is 59.7 Å². The van der Waals surface area contributed by atoms with Crippen LogP contribution >= 0.6 is 0 Å². The van der Waals surface area contributed by atoms with Crippen molar-refractivity contribution in [3.8, 4) is 0 Å². The van der Waals surface area contributed by atoms with Crippen molar-refractivity contribution >= 4 is 43.6 Å². The van der Waals surface area contributed by atoms with Crippen molar-refractivity contribution in [2.75, 3.05) is 6.61 Å². The van der Waals surface area contributed by atoms with Gasteiger partial charge in [-0.2, -0.15) is 0 Å². The average Bonchev–Trinajstić information content (AvgIpc) is 3.51. The molecule has 0 aliphatic carbocycles. The van der Waals surface area contributed by atoms with Crippen LogP contribution in [0.1, 0.15) is 36.9 Å². The Morgan fingerprint density at radius 2 is 1.73 bits per heavy atom. The highest BCUT2D eigenvalue weighted by Crippen LogP contribution is 2.57. The van der Waals surface area contributed by atoms with Gasteiger partial charge in [0.25, 0.3) is 0 Å². The Morgan fingerprint density at radius 3 is 2.48 bits per heavy atom. The third-order valence-electron chi connectivity index (χ3n) is 8.37. The maximum absolute atomic E-state index is 11.7. The van der Waals surface area contributed by atoms with Gasteiger partial charge in [-0.15, -0.1) is 0 Å². The van der Waals surface area contributed by atoms with Crippen LogP contribution in [0.5, 0.6) is 0 Å². The lowest BCUT2D eigenvalue weighted by molar-refractivity contribution is -0.189. The Balaban J connectivity index is 1.76. The third kappa shape index (κ3) is 1.82. The number of fused-ring (bicyclic) bond motifs is 13. The lowest BCUT2D eigenvalue weighted by atomic mass is 9.89. The highest BCUT2D eigenvalue weighted by atomic mass is 16.6. The maximum Gasteiger partial charge on any atom is 0.176 e. The topological polar surface area (TPSA) is 91.8 Å². The van der Waals surface area contributed by atoms with Crippen LogP contribution < -0.4 is 5.32 Å². The SMILES string of the molecule is C[C@]12O[C@H](C[C@]1(O)CO)n1c3ccccc3c3c4c(c5c6ccccc6n2c5c31)CNC4O. The molecule has 0 saturated carbocycles. The zero-order valence-corrected chi connectivity index (χ0v) is 18.0. The molecule has 5 heterocycles. The minimum atomic E-state index is -1.46. The Labute approximate surface area is 188 Å². The van der Waals surface area contributed by atoms with Crippen LogP contribution in [0.2, 0.25) is 0 Å². The van der Waals surface area contributed by atoms with Crippen LogP contribution in [0.3, 0.4) is 0 Å². The number of hydrogen-bond acceptors (Lipinski definition) is 5. The van der Waals surface area contributed by atoms with Crippen LogP contribution in [0, 0.1) is 0 Å². The first-order valence-corrected chi connectivity index (χ1v) is 11.4. The van der Waals surface area contributed by atoms with E-state index in [1.807, 2.05) is 37.3 Å². The molecule has 166 valence electrons. The first kappa shape index (κ1) is 18.5. The molecule has 1 fully saturated rings. The summed E-state index contributed by atoms with van der Waals surface area (Å²) in [6.07, 6.45) is -0.947. The quantitative estimate of drug-likeness (QED) is 0.320. The highest BCUT2D eigenvalue weighted by Gasteiger charge is 2.60. The van der Waals surface area contributed by atoms with Gasteiger partial charge in [0, 0.05) is 40.1 Å². The van der Waals surface area contributed by atoms with Gasteiger partial charge in [-0.1, -0.05) is 36.4 Å². The Bertz CT molecular complexity index is 1680. The van der Waals surface area contributed by atoms with E-state index in [1.54, 1.807) is 0 Å². The van der Waals surface area contributed by atoms with E-state index in [9.17, 15) is 15.3 Å². The normalized spacial score (nSPS) is 30.3. The summed E-state index contributed by atoms with van der Waals surface area (Å²) in [5.74, 6) is 0. The van der Waals surface area contributed by atoms with Crippen molar-refractivity contribution in [1.82, 2.24) is 14.5 Å². The molecule has 0 spiro atoms. The van der Waals surface area contributed by atoms with Gasteiger partial charge in [0.2, 0.25) is 0 Å². The fourth-order valence-corrected chi connectivity index (χ4v) is 6.86. The van der Waals surface area contributed by atoms with E-state index in [0.29, 0.717) is 6.54 Å². The van der Waals surface area contributed by atoms with E-state index in [-0.39, 0.29) is 6.42 Å². The fraction of sp³-hybridized carbons (Fsp3) is 0.308. The minimum Gasteiger partial charge on any atom is -0.393 e. The summed E-state index contributed by atoms with van der Waals surface area (Å²) in [4.78, 5) is 0. The fourth-order valence-electron chi connectivity index (χ4n) is 6.86. The summed E-state index contributed by atoms with van der Waals surface area (Å²) in [5, 5.41) is 40.6. The zero-order chi connectivity index (χ0) is 22.3. The predicted octanol–water partition coefficient (Wildman–Crippen LogP) is 3.33. The summed E-state index contributed by atoms with van der Waals surface area (Å²) in [5.41, 5.74) is 3.31. The van der Waals surface area contributed by atoms with E-state index in [2.05, 4.69) is 32.7 Å². The summed E-state index contributed by atoms with van der Waals surface area (Å²) >= 11 is 0. The standard InChI is InChI=1S/C26H23N3O4/c1-25-26(32,12-30)10-18(33-25)28-16-8-4-2-6-13(16)20-21-15(11-27-24(21)31)19-14-7-3-5-9-17(14)29(25)23(19)22(20)28/h2-9,18,24,27,30-32H,10-12H2,1H3/t18-,24?,25+,26+/m1/s1. The molecular formula is C26H23N3O4. The lowest BCUT2D eigenvalue weighted by Crippen LogP contribution is -2.53. The Morgan fingerprint density at radius 1 is 1.03 bits per heavy atom. The van der Waals surface area contributed by atoms with E-state index in [0.717, 1.165) is 54.7 Å². The second kappa shape index (κ2) is 5.58. The van der Waals surface area contributed by atoms with Gasteiger partial charge in [-0.25, -0.2) is 0 Å². The number of benzene rings is 3. The number of aliphatic hydroxyl groups is 3. The molecule has 7 nitrogen and oxygen atoms in total. The molecule has 1 unspecified atom stereocenters. The summed E-state index contributed by atoms with van der Waals surface area (Å²) in [6, 6.07) is 16.3. The number of aromatic nitrogens is 2. The summed E-state index contributed by atoms with van der Waals surface area (Å²) in [7, 11) is 0. The number of ether oxygens (including phenoxy) is 1. The molecule has 3 aliphatic heterocycles. The molecule has 0 radical (unpaired) electrons. The highest BCUT2D eigenvalue weighted by molar-refractivity contribution is 6.25. The molecule has 4 atom stereocenters. The van der Waals surface area contributed by atoms with E-state index in [4.69, 9.17) is 4.74 Å². The average molecular weight is 441 g/mol. The number of hydrogen-bond donors (Lipinski definition) is 4. The maximum atomic E-state index is 11.7. The third-order valence-corrected chi connectivity index (χ3v) is 8.37. The first-order valence-electron chi connectivity index (χ1n) is 11.4. The molecule has 33 heavy (non-hydrogen) atoms. The van der Waals surface area contributed by atoms with Gasteiger partial charge >= 0.3 is 0 Å². The monoisotopic (exact) mass is 441 g/mol. The molecule has 7 heteroatoms. The van der Waals surface area contributed by atoms with E-state index in [1.165, 1.54) is 0 Å². The second-order valence-corrected chi connectivity index (χ2v) is 9.81. The molecule has 2 aromatic heterocycles. The van der Waals surface area contributed by atoms with Gasteiger partial charge in [-0.05, 0) is 24.6 Å². The smallest absolute Gasteiger partial charge is 0.176 e. The molecule has 0 amide bonds. The van der Waals surface area contributed by atoms with Crippen molar-refractivity contribution in [3.63, 3.8) is 0 Å². The zero-order valence-electron chi connectivity index (χ0n) is 18.0. The van der Waals surface area contributed by atoms with Gasteiger partial charge in [-0.3, -0.25) is 5.32 Å². The molecule has 2 bridgehead atoms.